The van der Waals surface area contributed by atoms with E-state index < -0.39 is 0 Å². The molecule has 1 aliphatic heterocycles. The number of rotatable bonds is 5. The van der Waals surface area contributed by atoms with Crippen molar-refractivity contribution in [1.29, 1.82) is 0 Å². The van der Waals surface area contributed by atoms with Crippen LogP contribution in [0.1, 0.15) is 37.5 Å². The van der Waals surface area contributed by atoms with E-state index >= 15 is 0 Å². The Morgan fingerprint density at radius 3 is 2.34 bits per heavy atom. The Hall–Kier alpha value is -3.18. The molecule has 0 aliphatic carbocycles. The minimum atomic E-state index is -0.0638. The maximum Gasteiger partial charge on any atom is 0.270 e. The van der Waals surface area contributed by atoms with E-state index in [0.717, 1.165) is 25.2 Å². The zero-order valence-corrected chi connectivity index (χ0v) is 16.6. The number of ketones is 1. The van der Waals surface area contributed by atoms with E-state index in [1.54, 1.807) is 12.3 Å². The molecule has 29 heavy (non-hydrogen) atoms. The summed E-state index contributed by atoms with van der Waals surface area (Å²) in [4.78, 5) is 32.8. The summed E-state index contributed by atoms with van der Waals surface area (Å²) < 4.78 is 0. The molecule has 2 heterocycles. The van der Waals surface area contributed by atoms with Crippen LogP contribution in [-0.4, -0.2) is 52.7 Å². The third-order valence-electron chi connectivity index (χ3n) is 5.47. The summed E-state index contributed by atoms with van der Waals surface area (Å²) in [7, 11) is 0. The standard InChI is InChI=1S/C24H25N3O2/c1-18-7-5-6-10-21(18)23(28)20-15-22(25-16-20)24(29)27-13-11-26(12-14-27)17-19-8-3-2-4-9-19/h2-10,15-16,25H,11-14,17H2,1H3. The number of carbonyl (C=O) groups excluding carboxylic acids is 2. The van der Waals surface area contributed by atoms with Crippen molar-refractivity contribution in [2.24, 2.45) is 0 Å². The molecule has 5 heteroatoms. The van der Waals surface area contributed by atoms with Crippen molar-refractivity contribution in [1.82, 2.24) is 14.8 Å². The Morgan fingerprint density at radius 1 is 0.931 bits per heavy atom. The summed E-state index contributed by atoms with van der Waals surface area (Å²) in [5.41, 5.74) is 3.88. The predicted octanol–water partition coefficient (Wildman–Crippen LogP) is 3.51. The zero-order valence-electron chi connectivity index (χ0n) is 16.6. The largest absolute Gasteiger partial charge is 0.356 e. The molecule has 1 aliphatic rings. The molecular formula is C24H25N3O2. The minimum absolute atomic E-state index is 0.0480. The van der Waals surface area contributed by atoms with E-state index in [9.17, 15) is 9.59 Å². The monoisotopic (exact) mass is 387 g/mol. The molecule has 0 radical (unpaired) electrons. The molecule has 0 unspecified atom stereocenters. The zero-order chi connectivity index (χ0) is 20.2. The lowest BCUT2D eigenvalue weighted by atomic mass is 10.0. The van der Waals surface area contributed by atoms with Gasteiger partial charge in [0.05, 0.1) is 0 Å². The van der Waals surface area contributed by atoms with Gasteiger partial charge in [-0.15, -0.1) is 0 Å². The highest BCUT2D eigenvalue weighted by Gasteiger charge is 2.24. The third kappa shape index (κ3) is 4.30. The number of hydrogen-bond donors (Lipinski definition) is 1. The molecule has 1 aromatic heterocycles. The topological polar surface area (TPSA) is 56.4 Å². The van der Waals surface area contributed by atoms with Crippen LogP contribution in [0.15, 0.2) is 66.9 Å². The van der Waals surface area contributed by atoms with Crippen LogP contribution in [0.4, 0.5) is 0 Å². The molecule has 5 nitrogen and oxygen atoms in total. The van der Waals surface area contributed by atoms with Gasteiger partial charge in [0.2, 0.25) is 0 Å². The lowest BCUT2D eigenvalue weighted by Gasteiger charge is -2.34. The van der Waals surface area contributed by atoms with Gasteiger partial charge in [-0.25, -0.2) is 0 Å². The van der Waals surface area contributed by atoms with Gasteiger partial charge in [0, 0.05) is 50.0 Å². The fourth-order valence-corrected chi connectivity index (χ4v) is 3.75. The Bertz CT molecular complexity index is 1000. The predicted molar refractivity (Wildman–Crippen MR) is 113 cm³/mol. The van der Waals surface area contributed by atoms with Gasteiger partial charge in [-0.05, 0) is 24.1 Å². The van der Waals surface area contributed by atoms with E-state index in [1.807, 2.05) is 42.2 Å². The van der Waals surface area contributed by atoms with E-state index in [-0.39, 0.29) is 11.7 Å². The smallest absolute Gasteiger partial charge is 0.270 e. The number of benzene rings is 2. The van der Waals surface area contributed by atoms with Crippen LogP contribution >= 0.6 is 0 Å². The van der Waals surface area contributed by atoms with Gasteiger partial charge in [-0.1, -0.05) is 54.6 Å². The molecular weight excluding hydrogens is 362 g/mol. The van der Waals surface area contributed by atoms with E-state index in [2.05, 4.69) is 34.1 Å². The van der Waals surface area contributed by atoms with Crippen LogP contribution < -0.4 is 0 Å². The van der Waals surface area contributed by atoms with Gasteiger partial charge in [0.15, 0.2) is 5.78 Å². The maximum atomic E-state index is 12.9. The molecule has 1 amide bonds. The van der Waals surface area contributed by atoms with Crippen molar-refractivity contribution in [2.75, 3.05) is 26.2 Å². The lowest BCUT2D eigenvalue weighted by molar-refractivity contribution is 0.0623. The number of nitrogens with one attached hydrogen (secondary N) is 1. The summed E-state index contributed by atoms with van der Waals surface area (Å²) in [5, 5.41) is 0. The number of carbonyl (C=O) groups is 2. The first-order valence-electron chi connectivity index (χ1n) is 9.96. The van der Waals surface area contributed by atoms with Crippen molar-refractivity contribution in [3.63, 3.8) is 0 Å². The first-order chi connectivity index (χ1) is 14.1. The Kier molecular flexibility index (Phi) is 5.58. The molecule has 0 bridgehead atoms. The fraction of sp³-hybridized carbons (Fsp3) is 0.250. The number of H-pyrrole nitrogens is 1. The first kappa shape index (κ1) is 19.2. The van der Waals surface area contributed by atoms with Gasteiger partial charge in [0.25, 0.3) is 5.91 Å². The van der Waals surface area contributed by atoms with Crippen molar-refractivity contribution < 1.29 is 9.59 Å². The van der Waals surface area contributed by atoms with Crippen molar-refractivity contribution in [3.8, 4) is 0 Å². The summed E-state index contributed by atoms with van der Waals surface area (Å²) in [5.74, 6) is -0.112. The van der Waals surface area contributed by atoms with E-state index in [0.29, 0.717) is 29.9 Å². The quantitative estimate of drug-likeness (QED) is 0.682. The second-order valence-corrected chi connectivity index (χ2v) is 7.50. The highest BCUT2D eigenvalue weighted by Crippen LogP contribution is 2.17. The van der Waals surface area contributed by atoms with Crippen molar-refractivity contribution in [3.05, 3.63) is 94.8 Å². The van der Waals surface area contributed by atoms with Crippen LogP contribution in [0.5, 0.6) is 0 Å². The normalized spacial score (nSPS) is 14.7. The average molecular weight is 387 g/mol. The van der Waals surface area contributed by atoms with Gasteiger partial charge < -0.3 is 9.88 Å². The summed E-state index contributed by atoms with van der Waals surface area (Å²) >= 11 is 0. The maximum absolute atomic E-state index is 12.9. The Morgan fingerprint density at radius 2 is 1.62 bits per heavy atom. The highest BCUT2D eigenvalue weighted by molar-refractivity contribution is 6.11. The molecule has 2 aromatic carbocycles. The van der Waals surface area contributed by atoms with Gasteiger partial charge >= 0.3 is 0 Å². The van der Waals surface area contributed by atoms with Crippen LogP contribution in [-0.2, 0) is 6.54 Å². The first-order valence-corrected chi connectivity index (χ1v) is 9.96. The van der Waals surface area contributed by atoms with Crippen LogP contribution in [0.25, 0.3) is 0 Å². The van der Waals surface area contributed by atoms with Gasteiger partial charge in [-0.2, -0.15) is 0 Å². The molecule has 3 aromatic rings. The molecule has 1 saturated heterocycles. The highest BCUT2D eigenvalue weighted by atomic mass is 16.2. The van der Waals surface area contributed by atoms with Crippen molar-refractivity contribution in [2.45, 2.75) is 13.5 Å². The lowest BCUT2D eigenvalue weighted by Crippen LogP contribution is -2.48. The van der Waals surface area contributed by atoms with E-state index in [4.69, 9.17) is 0 Å². The number of aromatic amines is 1. The van der Waals surface area contributed by atoms with E-state index in [1.165, 1.54) is 5.56 Å². The molecule has 0 spiro atoms. The second kappa shape index (κ2) is 8.45. The number of aryl methyl sites for hydroxylation is 1. The summed E-state index contributed by atoms with van der Waals surface area (Å²) in [6.45, 7) is 5.88. The summed E-state index contributed by atoms with van der Waals surface area (Å²) in [6.07, 6.45) is 1.63. The van der Waals surface area contributed by atoms with Crippen LogP contribution in [0.3, 0.4) is 0 Å². The average Bonchev–Trinajstić information content (AvgIpc) is 3.25. The minimum Gasteiger partial charge on any atom is -0.356 e. The number of nitrogens with zero attached hydrogens (tertiary/aromatic N) is 2. The van der Waals surface area contributed by atoms with Gasteiger partial charge in [0.1, 0.15) is 5.69 Å². The van der Waals surface area contributed by atoms with Crippen LogP contribution in [0, 0.1) is 6.92 Å². The number of piperazine rings is 1. The van der Waals surface area contributed by atoms with Gasteiger partial charge in [-0.3, -0.25) is 14.5 Å². The van der Waals surface area contributed by atoms with Crippen molar-refractivity contribution >= 4 is 11.7 Å². The molecule has 148 valence electrons. The molecule has 1 fully saturated rings. The summed E-state index contributed by atoms with van der Waals surface area (Å²) in [6, 6.07) is 19.6. The number of hydrogen-bond acceptors (Lipinski definition) is 3. The fourth-order valence-electron chi connectivity index (χ4n) is 3.75. The molecule has 4 rings (SSSR count). The third-order valence-corrected chi connectivity index (χ3v) is 5.47. The molecule has 1 N–H and O–H groups in total. The number of aromatic nitrogens is 1. The number of amides is 1. The Balaban J connectivity index is 1.37. The SMILES string of the molecule is Cc1ccccc1C(=O)c1c[nH]c(C(=O)N2CCN(Cc3ccccc3)CC2)c1. The molecule has 0 saturated carbocycles. The van der Waals surface area contributed by atoms with Crippen LogP contribution in [0.2, 0.25) is 0 Å². The molecule has 0 atom stereocenters. The second-order valence-electron chi connectivity index (χ2n) is 7.50. The Labute approximate surface area is 171 Å².